The number of aliphatic hydroxyl groups is 2. The highest BCUT2D eigenvalue weighted by atomic mass is 16.3. The molecule has 6 nitrogen and oxygen atoms in total. The van der Waals surface area contributed by atoms with Gasteiger partial charge in [-0.3, -0.25) is 0 Å². The van der Waals surface area contributed by atoms with Crippen molar-refractivity contribution < 1.29 is 10.2 Å². The second-order valence-corrected chi connectivity index (χ2v) is 11.1. The van der Waals surface area contributed by atoms with Gasteiger partial charge in [-0.1, -0.05) is 41.5 Å². The SMILES string of the molecule is CCC1=C(CC)C2=NC1=CC1=NC3=C(CC(O)C3=C1CC)C1=NC(=Cc3[nH]c(/c(=C\O)c3CC)=C2)C(CC)=C1CC. The van der Waals surface area contributed by atoms with E-state index in [1.807, 2.05) is 0 Å². The number of aromatic amines is 1. The third-order valence-corrected chi connectivity index (χ3v) is 9.13. The molecule has 5 aliphatic rings. The van der Waals surface area contributed by atoms with Crippen LogP contribution in [0.2, 0.25) is 0 Å². The molecule has 1 aromatic heterocycles. The Kier molecular flexibility index (Phi) is 7.06. The average Bonchev–Trinajstić information content (AvgIpc) is 3.75. The largest absolute Gasteiger partial charge is 0.515 e. The molecule has 0 saturated carbocycles. The summed E-state index contributed by atoms with van der Waals surface area (Å²) in [6.45, 7) is 13.0. The molecule has 1 unspecified atom stereocenters. The summed E-state index contributed by atoms with van der Waals surface area (Å²) in [5.41, 5.74) is 15.6. The van der Waals surface area contributed by atoms with Gasteiger partial charge in [0.25, 0.3) is 0 Å². The number of rotatable bonds is 6. The van der Waals surface area contributed by atoms with E-state index in [0.29, 0.717) is 6.42 Å². The molecule has 212 valence electrons. The van der Waals surface area contributed by atoms with E-state index in [1.54, 1.807) is 0 Å². The maximum atomic E-state index is 11.4. The van der Waals surface area contributed by atoms with Crippen LogP contribution in [0.3, 0.4) is 0 Å². The average molecular weight is 549 g/mol. The van der Waals surface area contributed by atoms with Gasteiger partial charge in [0.1, 0.15) is 0 Å². The molecular formula is C35H40N4O2. The van der Waals surface area contributed by atoms with Crippen molar-refractivity contribution in [3.8, 4) is 0 Å². The van der Waals surface area contributed by atoms with E-state index in [9.17, 15) is 10.2 Å². The Morgan fingerprint density at radius 2 is 1.39 bits per heavy atom. The second kappa shape index (κ2) is 10.6. The van der Waals surface area contributed by atoms with E-state index in [0.717, 1.165) is 111 Å². The Morgan fingerprint density at radius 1 is 0.756 bits per heavy atom. The fourth-order valence-electron chi connectivity index (χ4n) is 7.27. The van der Waals surface area contributed by atoms with Crippen molar-refractivity contribution in [3.63, 3.8) is 0 Å². The van der Waals surface area contributed by atoms with E-state index in [4.69, 9.17) is 15.0 Å². The van der Waals surface area contributed by atoms with E-state index < -0.39 is 6.10 Å². The molecule has 1 aliphatic carbocycles. The molecule has 0 saturated heterocycles. The first-order valence-corrected chi connectivity index (χ1v) is 15.3. The molecule has 8 bridgehead atoms. The molecule has 4 aliphatic heterocycles. The molecule has 41 heavy (non-hydrogen) atoms. The van der Waals surface area contributed by atoms with Crippen LogP contribution in [0.15, 0.2) is 77.2 Å². The van der Waals surface area contributed by atoms with Gasteiger partial charge in [-0.15, -0.1) is 0 Å². The van der Waals surface area contributed by atoms with Crippen molar-refractivity contribution in [2.24, 2.45) is 15.0 Å². The number of nitrogens with zero attached hydrogens (tertiary/aromatic N) is 3. The van der Waals surface area contributed by atoms with Crippen molar-refractivity contribution >= 4 is 35.5 Å². The minimum Gasteiger partial charge on any atom is -0.515 e. The Labute approximate surface area is 242 Å². The third kappa shape index (κ3) is 4.06. The zero-order chi connectivity index (χ0) is 29.0. The van der Waals surface area contributed by atoms with E-state index >= 15 is 0 Å². The van der Waals surface area contributed by atoms with Gasteiger partial charge in [0.2, 0.25) is 0 Å². The van der Waals surface area contributed by atoms with Crippen LogP contribution in [0.5, 0.6) is 0 Å². The van der Waals surface area contributed by atoms with E-state index in [-0.39, 0.29) is 0 Å². The van der Waals surface area contributed by atoms with Crippen molar-refractivity contribution in [2.45, 2.75) is 92.6 Å². The standard InChI is InChI=1S/C35H40N4O2/c1-7-18-19(8-2)27-16-31-25(17-40)21(10-4)28(37-31)14-29-20(9-3)22(11-5)34(38-29)24-13-32(41)33-23(12-6)30(39-35(24)33)15-26(18)36-27/h14-17,32,37,40-41H,7-13H2,1-6H3/b25-17-,26-15?,29-14?,31-16?. The molecule has 3 N–H and O–H groups in total. The number of hydrogen-bond acceptors (Lipinski definition) is 5. The van der Waals surface area contributed by atoms with Gasteiger partial charge >= 0.3 is 0 Å². The molecule has 1 aromatic rings. The predicted octanol–water partition coefficient (Wildman–Crippen LogP) is 6.21. The van der Waals surface area contributed by atoms with Crippen molar-refractivity contribution in [2.75, 3.05) is 0 Å². The minimum atomic E-state index is -0.587. The molecular weight excluding hydrogens is 508 g/mol. The van der Waals surface area contributed by atoms with Crippen LogP contribution < -0.4 is 10.6 Å². The lowest BCUT2D eigenvalue weighted by molar-refractivity contribution is 0.221. The molecule has 0 radical (unpaired) electrons. The van der Waals surface area contributed by atoms with Crippen LogP contribution in [0.4, 0.5) is 0 Å². The number of aromatic nitrogens is 1. The van der Waals surface area contributed by atoms with Crippen LogP contribution in [-0.4, -0.2) is 38.4 Å². The fraction of sp³-hybridized carbons (Fsp3) is 0.400. The normalized spacial score (nSPS) is 22.1. The van der Waals surface area contributed by atoms with Gasteiger partial charge in [-0.2, -0.15) is 0 Å². The van der Waals surface area contributed by atoms with Gasteiger partial charge in [0.05, 0.1) is 51.9 Å². The number of allylic oxidation sites excluding steroid dienone is 6. The number of hydrogen-bond donors (Lipinski definition) is 3. The predicted molar refractivity (Wildman–Crippen MR) is 170 cm³/mol. The first kappa shape index (κ1) is 27.4. The zero-order valence-corrected chi connectivity index (χ0v) is 25.1. The minimum absolute atomic E-state index is 0.530. The van der Waals surface area contributed by atoms with E-state index in [2.05, 4.69) is 64.8 Å². The Bertz CT molecular complexity index is 1780. The highest BCUT2D eigenvalue weighted by Gasteiger charge is 2.39. The summed E-state index contributed by atoms with van der Waals surface area (Å²) in [4.78, 5) is 19.2. The van der Waals surface area contributed by atoms with Crippen LogP contribution in [-0.2, 0) is 6.42 Å². The van der Waals surface area contributed by atoms with Crippen LogP contribution in [0.25, 0.3) is 18.4 Å². The number of fused-ring (bicyclic) bond motifs is 5. The summed E-state index contributed by atoms with van der Waals surface area (Å²) in [5.74, 6) is 0. The highest BCUT2D eigenvalue weighted by Crippen LogP contribution is 2.45. The molecule has 6 rings (SSSR count). The number of aliphatic imine (C=N–C) groups is 3. The van der Waals surface area contributed by atoms with Crippen LogP contribution in [0.1, 0.15) is 91.3 Å². The zero-order valence-electron chi connectivity index (χ0n) is 25.1. The quantitative estimate of drug-likeness (QED) is 0.394. The summed E-state index contributed by atoms with van der Waals surface area (Å²) >= 11 is 0. The summed E-state index contributed by atoms with van der Waals surface area (Å²) < 4.78 is 0. The van der Waals surface area contributed by atoms with Gasteiger partial charge in [0.15, 0.2) is 0 Å². The van der Waals surface area contributed by atoms with Crippen molar-refractivity contribution in [3.05, 3.63) is 84.0 Å². The van der Waals surface area contributed by atoms with E-state index in [1.165, 1.54) is 28.6 Å². The topological polar surface area (TPSA) is 93.3 Å². The van der Waals surface area contributed by atoms with Crippen molar-refractivity contribution in [1.29, 1.82) is 0 Å². The first-order chi connectivity index (χ1) is 19.9. The van der Waals surface area contributed by atoms with Gasteiger partial charge < -0.3 is 15.2 Å². The third-order valence-electron chi connectivity index (χ3n) is 9.13. The fourth-order valence-corrected chi connectivity index (χ4v) is 7.27. The smallest absolute Gasteiger partial charge is 0.0888 e. The Morgan fingerprint density at radius 3 is 2.02 bits per heavy atom. The number of H-pyrrole nitrogens is 1. The van der Waals surface area contributed by atoms with Gasteiger partial charge in [0, 0.05) is 28.5 Å². The Balaban J connectivity index is 1.74. The van der Waals surface area contributed by atoms with Crippen molar-refractivity contribution in [1.82, 2.24) is 4.98 Å². The van der Waals surface area contributed by atoms with Gasteiger partial charge in [-0.25, -0.2) is 15.0 Å². The summed E-state index contributed by atoms with van der Waals surface area (Å²) in [6, 6.07) is 0. The maximum absolute atomic E-state index is 11.4. The summed E-state index contributed by atoms with van der Waals surface area (Å²) in [7, 11) is 0. The lowest BCUT2D eigenvalue weighted by Crippen LogP contribution is -2.26. The Hall–Kier alpha value is -3.77. The molecule has 0 amide bonds. The molecule has 6 heteroatoms. The summed E-state index contributed by atoms with van der Waals surface area (Å²) in [5, 5.41) is 23.4. The second-order valence-electron chi connectivity index (χ2n) is 11.1. The van der Waals surface area contributed by atoms with Crippen LogP contribution in [0, 0.1) is 0 Å². The molecule has 0 fully saturated rings. The lowest BCUT2D eigenvalue weighted by atomic mass is 9.94. The van der Waals surface area contributed by atoms with Gasteiger partial charge in [-0.05, 0) is 90.2 Å². The molecule has 0 spiro atoms. The number of nitrogens with one attached hydrogen (secondary N) is 1. The van der Waals surface area contributed by atoms with Crippen LogP contribution >= 0.6 is 0 Å². The number of aliphatic hydroxyl groups excluding tert-OH is 2. The molecule has 0 aromatic carbocycles. The first-order valence-electron chi connectivity index (χ1n) is 15.3. The lowest BCUT2D eigenvalue weighted by Gasteiger charge is -2.10. The highest BCUT2D eigenvalue weighted by molar-refractivity contribution is 6.24. The maximum Gasteiger partial charge on any atom is 0.0888 e. The molecule has 1 atom stereocenters. The molecule has 5 heterocycles. The summed E-state index contributed by atoms with van der Waals surface area (Å²) in [6.07, 6.45) is 12.5. The monoisotopic (exact) mass is 548 g/mol.